The average molecular weight is 393 g/mol. The van der Waals surface area contributed by atoms with Crippen LogP contribution in [0.2, 0.25) is 0 Å². The lowest BCUT2D eigenvalue weighted by atomic mass is 10.0. The molecule has 5 aromatic rings. The lowest BCUT2D eigenvalue weighted by Crippen LogP contribution is -2.05. The highest BCUT2D eigenvalue weighted by molar-refractivity contribution is 5.90. The molecular formula is C24H19N5O. The molecule has 0 aliphatic carbocycles. The Morgan fingerprint density at radius 2 is 1.63 bits per heavy atom. The summed E-state index contributed by atoms with van der Waals surface area (Å²) in [6.45, 7) is 1.49. The van der Waals surface area contributed by atoms with Gasteiger partial charge in [0.15, 0.2) is 5.65 Å². The number of hydrogen-bond acceptors (Lipinski definition) is 4. The summed E-state index contributed by atoms with van der Waals surface area (Å²) in [6, 6.07) is 26.2. The normalized spacial score (nSPS) is 11.0. The molecule has 6 nitrogen and oxygen atoms in total. The van der Waals surface area contributed by atoms with Crippen LogP contribution in [0.15, 0.2) is 85.1 Å². The highest BCUT2D eigenvalue weighted by Gasteiger charge is 2.10. The van der Waals surface area contributed by atoms with Gasteiger partial charge in [0.1, 0.15) is 0 Å². The van der Waals surface area contributed by atoms with E-state index in [0.29, 0.717) is 5.95 Å². The SMILES string of the molecule is CC(=O)Nc1ccc(Nc2nc3c(-c4ccc5ccccc5c4)cccn3n2)cc1. The standard InChI is InChI=1S/C24H19N5O/c1-16(30)25-20-10-12-21(13-11-20)26-24-27-23-22(7-4-14-29(23)28-24)19-9-8-17-5-2-3-6-18(17)15-19/h2-15H,1H3,(H,25,30)(H,26,28). The average Bonchev–Trinajstić information content (AvgIpc) is 3.17. The van der Waals surface area contributed by atoms with Gasteiger partial charge in [0.05, 0.1) is 0 Å². The van der Waals surface area contributed by atoms with Crippen LogP contribution in [0.4, 0.5) is 17.3 Å². The summed E-state index contributed by atoms with van der Waals surface area (Å²) in [4.78, 5) is 15.9. The first-order valence-electron chi connectivity index (χ1n) is 9.65. The third-order valence-electron chi connectivity index (χ3n) is 4.88. The molecule has 0 atom stereocenters. The van der Waals surface area contributed by atoms with E-state index in [-0.39, 0.29) is 5.91 Å². The second kappa shape index (κ2) is 7.33. The fourth-order valence-electron chi connectivity index (χ4n) is 3.51. The molecule has 2 aromatic heterocycles. The van der Waals surface area contributed by atoms with Crippen molar-refractivity contribution in [2.45, 2.75) is 6.92 Å². The zero-order chi connectivity index (χ0) is 20.5. The van der Waals surface area contributed by atoms with Crippen LogP contribution in [-0.2, 0) is 4.79 Å². The monoisotopic (exact) mass is 393 g/mol. The number of aromatic nitrogens is 3. The molecule has 0 bridgehead atoms. The van der Waals surface area contributed by atoms with Crippen molar-refractivity contribution < 1.29 is 4.79 Å². The Hall–Kier alpha value is -4.19. The van der Waals surface area contributed by atoms with Crippen molar-refractivity contribution in [3.8, 4) is 11.1 Å². The van der Waals surface area contributed by atoms with E-state index in [9.17, 15) is 4.79 Å². The third-order valence-corrected chi connectivity index (χ3v) is 4.88. The second-order valence-corrected chi connectivity index (χ2v) is 7.07. The number of carbonyl (C=O) groups is 1. The van der Waals surface area contributed by atoms with Gasteiger partial charge in [0.25, 0.3) is 0 Å². The van der Waals surface area contributed by atoms with Gasteiger partial charge in [0, 0.05) is 30.1 Å². The van der Waals surface area contributed by atoms with Crippen LogP contribution in [0.1, 0.15) is 6.92 Å². The summed E-state index contributed by atoms with van der Waals surface area (Å²) in [6.07, 6.45) is 1.89. The summed E-state index contributed by atoms with van der Waals surface area (Å²) in [5, 5.41) is 12.9. The van der Waals surface area contributed by atoms with E-state index in [1.165, 1.54) is 17.7 Å². The van der Waals surface area contributed by atoms with Gasteiger partial charge in [-0.25, -0.2) is 4.52 Å². The van der Waals surface area contributed by atoms with E-state index in [2.05, 4.69) is 52.1 Å². The second-order valence-electron chi connectivity index (χ2n) is 7.07. The lowest BCUT2D eigenvalue weighted by molar-refractivity contribution is -0.114. The van der Waals surface area contributed by atoms with Crippen LogP contribution in [0.5, 0.6) is 0 Å². The smallest absolute Gasteiger partial charge is 0.247 e. The predicted molar refractivity (Wildman–Crippen MR) is 120 cm³/mol. The molecule has 2 N–H and O–H groups in total. The predicted octanol–water partition coefficient (Wildman–Crippen LogP) is 5.25. The molecule has 5 rings (SSSR count). The number of fused-ring (bicyclic) bond motifs is 2. The highest BCUT2D eigenvalue weighted by Crippen LogP contribution is 2.28. The number of nitrogens with one attached hydrogen (secondary N) is 2. The molecule has 30 heavy (non-hydrogen) atoms. The number of hydrogen-bond donors (Lipinski definition) is 2. The Balaban J connectivity index is 1.48. The summed E-state index contributed by atoms with van der Waals surface area (Å²) >= 11 is 0. The topological polar surface area (TPSA) is 71.3 Å². The molecule has 0 aliphatic rings. The first kappa shape index (κ1) is 17.9. The molecule has 0 saturated carbocycles. The minimum Gasteiger partial charge on any atom is -0.326 e. The molecule has 3 aromatic carbocycles. The summed E-state index contributed by atoms with van der Waals surface area (Å²) in [5.74, 6) is 0.412. The number of benzene rings is 3. The van der Waals surface area contributed by atoms with Crippen molar-refractivity contribution in [1.82, 2.24) is 14.6 Å². The zero-order valence-corrected chi connectivity index (χ0v) is 16.3. The maximum atomic E-state index is 11.2. The third kappa shape index (κ3) is 3.46. The number of nitrogens with zero attached hydrogens (tertiary/aromatic N) is 3. The molecule has 1 amide bonds. The van der Waals surface area contributed by atoms with E-state index in [1.807, 2.05) is 48.7 Å². The molecule has 0 radical (unpaired) electrons. The fourth-order valence-corrected chi connectivity index (χ4v) is 3.51. The molecule has 0 saturated heterocycles. The number of pyridine rings is 1. The Labute approximate surface area is 173 Å². The van der Waals surface area contributed by atoms with Crippen LogP contribution in [0.25, 0.3) is 27.5 Å². The Kier molecular flexibility index (Phi) is 4.37. The number of rotatable bonds is 4. The zero-order valence-electron chi connectivity index (χ0n) is 16.3. The molecule has 0 unspecified atom stereocenters. The quantitative estimate of drug-likeness (QED) is 0.437. The number of carbonyl (C=O) groups excluding carboxylic acids is 1. The van der Waals surface area contributed by atoms with Gasteiger partial charge in [-0.15, -0.1) is 5.10 Å². The maximum absolute atomic E-state index is 11.2. The first-order chi connectivity index (χ1) is 14.7. The van der Waals surface area contributed by atoms with Gasteiger partial charge in [-0.2, -0.15) is 4.98 Å². The van der Waals surface area contributed by atoms with E-state index >= 15 is 0 Å². The summed E-state index contributed by atoms with van der Waals surface area (Å²) < 4.78 is 1.78. The fraction of sp³-hybridized carbons (Fsp3) is 0.0417. The van der Waals surface area contributed by atoms with Crippen molar-refractivity contribution in [2.24, 2.45) is 0 Å². The van der Waals surface area contributed by atoms with E-state index in [4.69, 9.17) is 4.98 Å². The number of anilines is 3. The van der Waals surface area contributed by atoms with Gasteiger partial charge < -0.3 is 10.6 Å². The highest BCUT2D eigenvalue weighted by atomic mass is 16.1. The van der Waals surface area contributed by atoms with E-state index < -0.39 is 0 Å². The molecule has 0 fully saturated rings. The minimum atomic E-state index is -0.0982. The Morgan fingerprint density at radius 1 is 0.867 bits per heavy atom. The van der Waals surface area contributed by atoms with Crippen molar-refractivity contribution >= 4 is 39.6 Å². The van der Waals surface area contributed by atoms with Gasteiger partial charge >= 0.3 is 0 Å². The molecule has 0 spiro atoms. The van der Waals surface area contributed by atoms with Crippen molar-refractivity contribution in [2.75, 3.05) is 10.6 Å². The lowest BCUT2D eigenvalue weighted by Gasteiger charge is -2.05. The van der Waals surface area contributed by atoms with E-state index in [1.54, 1.807) is 4.52 Å². The van der Waals surface area contributed by atoms with Crippen LogP contribution < -0.4 is 10.6 Å². The minimum absolute atomic E-state index is 0.0982. The molecular weight excluding hydrogens is 374 g/mol. The summed E-state index contributed by atoms with van der Waals surface area (Å²) in [5.41, 5.74) is 4.48. The largest absolute Gasteiger partial charge is 0.326 e. The van der Waals surface area contributed by atoms with Gasteiger partial charge in [-0.1, -0.05) is 36.4 Å². The van der Waals surface area contributed by atoms with Gasteiger partial charge in [-0.3, -0.25) is 4.79 Å². The van der Waals surface area contributed by atoms with Crippen LogP contribution >= 0.6 is 0 Å². The van der Waals surface area contributed by atoms with Crippen molar-refractivity contribution in [1.29, 1.82) is 0 Å². The Bertz CT molecular complexity index is 1370. The van der Waals surface area contributed by atoms with Crippen LogP contribution in [0, 0.1) is 0 Å². The van der Waals surface area contributed by atoms with Gasteiger partial charge in [0.2, 0.25) is 11.9 Å². The maximum Gasteiger partial charge on any atom is 0.247 e. The van der Waals surface area contributed by atoms with Crippen molar-refractivity contribution in [3.05, 3.63) is 85.1 Å². The molecule has 6 heteroatoms. The number of amides is 1. The molecule has 2 heterocycles. The van der Waals surface area contributed by atoms with E-state index in [0.717, 1.165) is 28.1 Å². The first-order valence-corrected chi connectivity index (χ1v) is 9.65. The Morgan fingerprint density at radius 3 is 2.43 bits per heavy atom. The van der Waals surface area contributed by atoms with Crippen LogP contribution in [-0.4, -0.2) is 20.5 Å². The molecule has 0 aliphatic heterocycles. The van der Waals surface area contributed by atoms with Crippen LogP contribution in [0.3, 0.4) is 0 Å². The molecule has 146 valence electrons. The van der Waals surface area contributed by atoms with Crippen molar-refractivity contribution in [3.63, 3.8) is 0 Å². The summed E-state index contributed by atoms with van der Waals surface area (Å²) in [7, 11) is 0. The van der Waals surface area contributed by atoms with Gasteiger partial charge in [-0.05, 0) is 58.8 Å².